The van der Waals surface area contributed by atoms with E-state index in [0.717, 1.165) is 5.56 Å². The van der Waals surface area contributed by atoms with E-state index in [1.165, 1.54) is 11.3 Å². The number of aliphatic hydroxyl groups excluding tert-OH is 1. The molecular weight excluding hydrogens is 262 g/mol. The Labute approximate surface area is 115 Å². The number of carbonyl (C=O) groups is 1. The van der Waals surface area contributed by atoms with Crippen LogP contribution >= 0.6 is 11.3 Å². The maximum absolute atomic E-state index is 11.7. The lowest BCUT2D eigenvalue weighted by atomic mass is 10.1. The molecule has 1 amide bonds. The van der Waals surface area contributed by atoms with Crippen LogP contribution in [0.3, 0.4) is 0 Å². The van der Waals surface area contributed by atoms with Crippen LogP contribution in [0.25, 0.3) is 0 Å². The standard InChI is InChI=1S/C13H15N3O2S/c14-13-16-10(8-19-13)6-12(18)15-7-11(17)9-4-2-1-3-5-9/h1-5,8,11,17H,6-7H2,(H2,14,16)(H,15,18). The molecule has 1 aromatic heterocycles. The van der Waals surface area contributed by atoms with Crippen molar-refractivity contribution in [3.05, 3.63) is 47.0 Å². The van der Waals surface area contributed by atoms with E-state index in [0.29, 0.717) is 10.8 Å². The highest BCUT2D eigenvalue weighted by Crippen LogP contribution is 2.12. The van der Waals surface area contributed by atoms with Gasteiger partial charge in [-0.25, -0.2) is 4.98 Å². The largest absolute Gasteiger partial charge is 0.387 e. The van der Waals surface area contributed by atoms with Gasteiger partial charge in [-0.1, -0.05) is 30.3 Å². The summed E-state index contributed by atoms with van der Waals surface area (Å²) in [7, 11) is 0. The van der Waals surface area contributed by atoms with Gasteiger partial charge < -0.3 is 16.2 Å². The Morgan fingerprint density at radius 3 is 2.79 bits per heavy atom. The van der Waals surface area contributed by atoms with Crippen LogP contribution in [-0.2, 0) is 11.2 Å². The number of aliphatic hydroxyl groups is 1. The molecule has 19 heavy (non-hydrogen) atoms. The van der Waals surface area contributed by atoms with Gasteiger partial charge in [0.2, 0.25) is 5.91 Å². The zero-order valence-corrected chi connectivity index (χ0v) is 11.1. The van der Waals surface area contributed by atoms with Crippen LogP contribution in [0.1, 0.15) is 17.4 Å². The maximum Gasteiger partial charge on any atom is 0.226 e. The summed E-state index contributed by atoms with van der Waals surface area (Å²) in [5, 5.41) is 14.8. The van der Waals surface area contributed by atoms with Crippen molar-refractivity contribution in [3.8, 4) is 0 Å². The van der Waals surface area contributed by atoms with Crippen LogP contribution in [0.2, 0.25) is 0 Å². The summed E-state index contributed by atoms with van der Waals surface area (Å²) < 4.78 is 0. The van der Waals surface area contributed by atoms with Crippen molar-refractivity contribution < 1.29 is 9.90 Å². The van der Waals surface area contributed by atoms with E-state index in [2.05, 4.69) is 10.3 Å². The number of nitrogens with two attached hydrogens (primary N) is 1. The summed E-state index contributed by atoms with van der Waals surface area (Å²) in [5.74, 6) is -0.180. The minimum absolute atomic E-state index is 0.176. The molecule has 1 atom stereocenters. The molecule has 1 unspecified atom stereocenters. The summed E-state index contributed by atoms with van der Waals surface area (Å²) in [6, 6.07) is 9.20. The van der Waals surface area contributed by atoms with Crippen molar-refractivity contribution in [3.63, 3.8) is 0 Å². The van der Waals surface area contributed by atoms with Crippen LogP contribution in [0.5, 0.6) is 0 Å². The van der Waals surface area contributed by atoms with Crippen molar-refractivity contribution >= 4 is 22.4 Å². The number of carbonyl (C=O) groups excluding carboxylic acids is 1. The van der Waals surface area contributed by atoms with E-state index < -0.39 is 6.10 Å². The third-order valence-corrected chi connectivity index (χ3v) is 3.31. The molecule has 0 saturated heterocycles. The number of nitrogen functional groups attached to an aromatic ring is 1. The highest BCUT2D eigenvalue weighted by Gasteiger charge is 2.10. The molecule has 0 fully saturated rings. The normalized spacial score (nSPS) is 12.1. The Morgan fingerprint density at radius 2 is 2.16 bits per heavy atom. The van der Waals surface area contributed by atoms with Crippen LogP contribution in [0.15, 0.2) is 35.7 Å². The van der Waals surface area contributed by atoms with Crippen LogP contribution in [0, 0.1) is 0 Å². The highest BCUT2D eigenvalue weighted by molar-refractivity contribution is 7.13. The van der Waals surface area contributed by atoms with Gasteiger partial charge >= 0.3 is 0 Å². The molecular formula is C13H15N3O2S. The van der Waals surface area contributed by atoms with Gasteiger partial charge in [-0.15, -0.1) is 11.3 Å². The van der Waals surface area contributed by atoms with Gasteiger partial charge in [0.15, 0.2) is 5.13 Å². The van der Waals surface area contributed by atoms with Crippen molar-refractivity contribution in [2.24, 2.45) is 0 Å². The predicted octanol–water partition coefficient (Wildman–Crippen LogP) is 1.12. The second-order valence-electron chi connectivity index (χ2n) is 4.08. The van der Waals surface area contributed by atoms with Crippen molar-refractivity contribution in [1.29, 1.82) is 0 Å². The average Bonchev–Trinajstić information content (AvgIpc) is 2.82. The molecule has 0 spiro atoms. The lowest BCUT2D eigenvalue weighted by Crippen LogP contribution is -2.29. The lowest BCUT2D eigenvalue weighted by molar-refractivity contribution is -0.120. The van der Waals surface area contributed by atoms with E-state index in [9.17, 15) is 9.90 Å². The van der Waals surface area contributed by atoms with Crippen LogP contribution in [0.4, 0.5) is 5.13 Å². The van der Waals surface area contributed by atoms with Crippen molar-refractivity contribution in [1.82, 2.24) is 10.3 Å². The van der Waals surface area contributed by atoms with Crippen molar-refractivity contribution in [2.45, 2.75) is 12.5 Å². The maximum atomic E-state index is 11.7. The van der Waals surface area contributed by atoms with Gasteiger partial charge in [0, 0.05) is 11.9 Å². The molecule has 0 bridgehead atoms. The monoisotopic (exact) mass is 277 g/mol. The first-order valence-corrected chi connectivity index (χ1v) is 6.72. The van der Waals surface area contributed by atoms with Gasteiger partial charge in [0.25, 0.3) is 0 Å². The minimum atomic E-state index is -0.703. The fraction of sp³-hybridized carbons (Fsp3) is 0.231. The number of benzene rings is 1. The van der Waals surface area contributed by atoms with E-state index in [1.54, 1.807) is 5.38 Å². The molecule has 0 aliphatic heterocycles. The topological polar surface area (TPSA) is 88.2 Å². The molecule has 0 radical (unpaired) electrons. The van der Waals surface area contributed by atoms with Gasteiger partial charge in [-0.05, 0) is 5.56 Å². The molecule has 4 N–H and O–H groups in total. The van der Waals surface area contributed by atoms with Gasteiger partial charge in [-0.2, -0.15) is 0 Å². The number of rotatable bonds is 5. The highest BCUT2D eigenvalue weighted by atomic mass is 32.1. The molecule has 100 valence electrons. The van der Waals surface area contributed by atoms with Gasteiger partial charge in [-0.3, -0.25) is 4.79 Å². The second-order valence-corrected chi connectivity index (χ2v) is 4.97. The quantitative estimate of drug-likeness (QED) is 0.764. The molecule has 1 aromatic carbocycles. The van der Waals surface area contributed by atoms with E-state index in [4.69, 9.17) is 5.73 Å². The third kappa shape index (κ3) is 4.04. The lowest BCUT2D eigenvalue weighted by Gasteiger charge is -2.11. The van der Waals surface area contributed by atoms with Gasteiger partial charge in [0.05, 0.1) is 18.2 Å². The summed E-state index contributed by atoms with van der Waals surface area (Å²) in [4.78, 5) is 15.7. The fourth-order valence-electron chi connectivity index (χ4n) is 1.63. The number of nitrogens with one attached hydrogen (secondary N) is 1. The zero-order valence-electron chi connectivity index (χ0n) is 10.2. The Kier molecular flexibility index (Phi) is 4.48. The Balaban J connectivity index is 1.80. The van der Waals surface area contributed by atoms with Crippen LogP contribution in [-0.4, -0.2) is 22.5 Å². The van der Waals surface area contributed by atoms with Gasteiger partial charge in [0.1, 0.15) is 0 Å². The Bertz CT molecular complexity index is 542. The first-order chi connectivity index (χ1) is 9.15. The molecule has 2 rings (SSSR count). The molecule has 0 aliphatic carbocycles. The molecule has 5 nitrogen and oxygen atoms in total. The molecule has 6 heteroatoms. The first kappa shape index (κ1) is 13.5. The summed E-state index contributed by atoms with van der Waals surface area (Å²) in [6.07, 6.45) is -0.527. The summed E-state index contributed by atoms with van der Waals surface area (Å²) in [5.41, 5.74) is 6.91. The van der Waals surface area contributed by atoms with E-state index in [1.807, 2.05) is 30.3 Å². The molecule has 1 heterocycles. The smallest absolute Gasteiger partial charge is 0.226 e. The number of hydrogen-bond acceptors (Lipinski definition) is 5. The van der Waals surface area contributed by atoms with Crippen LogP contribution < -0.4 is 11.1 Å². The SMILES string of the molecule is Nc1nc(CC(=O)NCC(O)c2ccccc2)cs1. The fourth-order valence-corrected chi connectivity index (χ4v) is 2.20. The number of hydrogen-bond donors (Lipinski definition) is 3. The van der Waals surface area contributed by atoms with Crippen molar-refractivity contribution in [2.75, 3.05) is 12.3 Å². The minimum Gasteiger partial charge on any atom is -0.387 e. The Hall–Kier alpha value is -1.92. The molecule has 2 aromatic rings. The molecule has 0 aliphatic rings. The average molecular weight is 277 g/mol. The Morgan fingerprint density at radius 1 is 1.42 bits per heavy atom. The predicted molar refractivity (Wildman–Crippen MR) is 74.6 cm³/mol. The number of thiazole rings is 1. The molecule has 0 saturated carbocycles. The number of nitrogens with zero attached hydrogens (tertiary/aromatic N) is 1. The second kappa shape index (κ2) is 6.31. The van der Waals surface area contributed by atoms with E-state index in [-0.39, 0.29) is 18.9 Å². The van der Waals surface area contributed by atoms with E-state index >= 15 is 0 Å². The summed E-state index contributed by atoms with van der Waals surface area (Å²) in [6.45, 7) is 0.183. The third-order valence-electron chi connectivity index (χ3n) is 2.59. The zero-order chi connectivity index (χ0) is 13.7. The first-order valence-electron chi connectivity index (χ1n) is 5.84. The summed E-state index contributed by atoms with van der Waals surface area (Å²) >= 11 is 1.30. The number of anilines is 1. The number of aromatic nitrogens is 1. The number of amides is 1.